The molecule has 2 aromatic rings. The number of anilines is 4. The van der Waals surface area contributed by atoms with Gasteiger partial charge in [0.25, 0.3) is 0 Å². The number of carbonyl (C=O) groups is 2. The van der Waals surface area contributed by atoms with Crippen molar-refractivity contribution in [1.29, 1.82) is 0 Å². The lowest BCUT2D eigenvalue weighted by molar-refractivity contribution is -0.126. The Morgan fingerprint density at radius 2 is 1.88 bits per heavy atom. The number of rotatable bonds is 2. The summed E-state index contributed by atoms with van der Waals surface area (Å²) in [6, 6.07) is 10.1. The van der Waals surface area contributed by atoms with Gasteiger partial charge in [-0.15, -0.1) is 0 Å². The summed E-state index contributed by atoms with van der Waals surface area (Å²) < 4.78 is 5.49. The number of aromatic nitrogens is 1. The molecule has 3 heterocycles. The molecule has 5 rings (SSSR count). The Hall–Kier alpha value is -2.93. The highest BCUT2D eigenvalue weighted by Crippen LogP contribution is 2.39. The van der Waals surface area contributed by atoms with Crippen LogP contribution in [0, 0.1) is 5.92 Å². The van der Waals surface area contributed by atoms with Crippen molar-refractivity contribution in [3.63, 3.8) is 0 Å². The molecule has 0 bridgehead atoms. The highest BCUT2D eigenvalue weighted by Gasteiger charge is 2.32. The Morgan fingerprint density at radius 3 is 2.62 bits per heavy atom. The van der Waals surface area contributed by atoms with Gasteiger partial charge in [0, 0.05) is 49.3 Å². The first-order chi connectivity index (χ1) is 15.7. The molecule has 0 atom stereocenters. The molecule has 0 radical (unpaired) electrons. The van der Waals surface area contributed by atoms with Crippen molar-refractivity contribution in [3.05, 3.63) is 42.1 Å². The van der Waals surface area contributed by atoms with Crippen LogP contribution in [0.2, 0.25) is 0 Å². The summed E-state index contributed by atoms with van der Waals surface area (Å²) in [5, 5.41) is 3.43. The summed E-state index contributed by atoms with van der Waals surface area (Å²) in [6.45, 7) is 7.57. The topological polar surface area (TPSA) is 74.8 Å². The van der Waals surface area contributed by atoms with Gasteiger partial charge < -0.3 is 19.9 Å². The molecule has 1 aromatic carbocycles. The lowest BCUT2D eigenvalue weighted by Crippen LogP contribution is -2.38. The van der Waals surface area contributed by atoms with E-state index in [0.717, 1.165) is 41.5 Å². The largest absolute Gasteiger partial charge is 0.378 e. The van der Waals surface area contributed by atoms with E-state index in [9.17, 15) is 9.59 Å². The predicted molar refractivity (Wildman–Crippen MR) is 126 cm³/mol. The normalized spacial score (nSPS) is 18.5. The number of ether oxygens (including phenoxy) is 1. The van der Waals surface area contributed by atoms with E-state index < -0.39 is 0 Å². The van der Waals surface area contributed by atoms with Gasteiger partial charge in [0.1, 0.15) is 11.6 Å². The van der Waals surface area contributed by atoms with E-state index in [0.29, 0.717) is 45.4 Å². The molecule has 1 saturated heterocycles. The smallest absolute Gasteiger partial charge is 0.230 e. The van der Waals surface area contributed by atoms with Gasteiger partial charge in [-0.25, -0.2) is 4.98 Å². The first-order valence-electron chi connectivity index (χ1n) is 11.7. The van der Waals surface area contributed by atoms with Crippen molar-refractivity contribution >= 4 is 34.6 Å². The minimum Gasteiger partial charge on any atom is -0.378 e. The predicted octanol–water partition coefficient (Wildman–Crippen LogP) is 4.29. The van der Waals surface area contributed by atoms with Crippen molar-refractivity contribution in [2.45, 2.75) is 46.1 Å². The van der Waals surface area contributed by atoms with Gasteiger partial charge in [0.05, 0.1) is 31.1 Å². The van der Waals surface area contributed by atoms with Crippen molar-refractivity contribution in [3.8, 4) is 0 Å². The molecule has 3 aliphatic rings. The van der Waals surface area contributed by atoms with Crippen molar-refractivity contribution in [1.82, 2.24) is 4.98 Å². The van der Waals surface area contributed by atoms with Crippen LogP contribution in [0.15, 0.2) is 36.5 Å². The standard InChI is InChI=1S/C23H26N4O3.C2H6/c28-19-6-3-16(4-7-19)23(29)27-15-17-2-1-9-24-22(17)25-20-8-5-18(14-21(20)27)26-10-12-30-13-11-26;1-2/h1-2,5,8-9,14,16H,3-4,6-7,10-13,15H2,(H,24,25);1-2H3. The number of amides is 1. The van der Waals surface area contributed by atoms with E-state index in [4.69, 9.17) is 4.74 Å². The monoisotopic (exact) mass is 436 g/mol. The molecule has 170 valence electrons. The van der Waals surface area contributed by atoms with E-state index in [1.165, 1.54) is 0 Å². The molecule has 7 heteroatoms. The van der Waals surface area contributed by atoms with Crippen LogP contribution in [0.4, 0.5) is 22.9 Å². The number of hydrogen-bond donors (Lipinski definition) is 1. The molecule has 1 N–H and O–H groups in total. The molecule has 1 aliphatic carbocycles. The van der Waals surface area contributed by atoms with E-state index in [1.54, 1.807) is 6.20 Å². The zero-order valence-corrected chi connectivity index (χ0v) is 19.0. The van der Waals surface area contributed by atoms with Crippen LogP contribution in [0.5, 0.6) is 0 Å². The van der Waals surface area contributed by atoms with E-state index >= 15 is 0 Å². The lowest BCUT2D eigenvalue weighted by Gasteiger charge is -2.32. The molecule has 0 unspecified atom stereocenters. The second-order valence-electron chi connectivity index (χ2n) is 8.17. The van der Waals surface area contributed by atoms with Crippen LogP contribution in [0.25, 0.3) is 0 Å². The van der Waals surface area contributed by atoms with Crippen LogP contribution in [0.3, 0.4) is 0 Å². The Morgan fingerprint density at radius 1 is 1.12 bits per heavy atom. The lowest BCUT2D eigenvalue weighted by atomic mass is 9.87. The molecule has 32 heavy (non-hydrogen) atoms. The first kappa shape index (κ1) is 22.3. The van der Waals surface area contributed by atoms with E-state index in [1.807, 2.05) is 36.9 Å². The first-order valence-corrected chi connectivity index (χ1v) is 11.7. The Bertz CT molecular complexity index is 961. The zero-order chi connectivity index (χ0) is 22.5. The molecule has 2 fully saturated rings. The summed E-state index contributed by atoms with van der Waals surface area (Å²) in [7, 11) is 0. The maximum Gasteiger partial charge on any atom is 0.230 e. The number of Topliss-reactive ketones (excluding diaryl/α,β-unsaturated/α-hetero) is 1. The van der Waals surface area contributed by atoms with E-state index in [2.05, 4.69) is 27.3 Å². The number of hydrogen-bond acceptors (Lipinski definition) is 6. The SMILES string of the molecule is CC.O=C1CCC(C(=O)N2Cc3cccnc3Nc3ccc(N4CCOCC4)cc32)CC1. The molecule has 7 nitrogen and oxygen atoms in total. The number of pyridine rings is 1. The maximum absolute atomic E-state index is 13.6. The molecule has 2 aliphatic heterocycles. The maximum atomic E-state index is 13.6. The molecule has 1 amide bonds. The van der Waals surface area contributed by atoms with Crippen LogP contribution < -0.4 is 15.1 Å². The second-order valence-corrected chi connectivity index (χ2v) is 8.17. The van der Waals surface area contributed by atoms with Gasteiger partial charge in [0.15, 0.2) is 0 Å². The van der Waals surface area contributed by atoms with Crippen molar-refractivity contribution < 1.29 is 14.3 Å². The third-order valence-electron chi connectivity index (χ3n) is 6.28. The average Bonchev–Trinajstić information content (AvgIpc) is 3.02. The minimum absolute atomic E-state index is 0.0985. The molecular formula is C25H32N4O3. The fourth-order valence-corrected chi connectivity index (χ4v) is 4.53. The molecule has 0 spiro atoms. The summed E-state index contributed by atoms with van der Waals surface area (Å²) in [5.41, 5.74) is 3.83. The molecular weight excluding hydrogens is 404 g/mol. The van der Waals surface area contributed by atoms with Crippen LogP contribution in [-0.2, 0) is 20.9 Å². The van der Waals surface area contributed by atoms with Gasteiger partial charge in [-0.3, -0.25) is 9.59 Å². The van der Waals surface area contributed by atoms with E-state index in [-0.39, 0.29) is 17.6 Å². The summed E-state index contributed by atoms with van der Waals surface area (Å²) in [5.74, 6) is 1.04. The number of nitrogens with zero attached hydrogens (tertiary/aromatic N) is 3. The number of morpholine rings is 1. The number of benzene rings is 1. The molecule has 1 saturated carbocycles. The van der Waals surface area contributed by atoms with Crippen molar-refractivity contribution in [2.24, 2.45) is 5.92 Å². The number of nitrogens with one attached hydrogen (secondary N) is 1. The van der Waals surface area contributed by atoms with Gasteiger partial charge in [-0.05, 0) is 37.1 Å². The zero-order valence-electron chi connectivity index (χ0n) is 19.0. The molecule has 1 aromatic heterocycles. The summed E-state index contributed by atoms with van der Waals surface area (Å²) in [4.78, 5) is 34.0. The second kappa shape index (κ2) is 10.1. The number of fused-ring (bicyclic) bond motifs is 2. The van der Waals surface area contributed by atoms with Crippen LogP contribution in [0.1, 0.15) is 45.1 Å². The highest BCUT2D eigenvalue weighted by atomic mass is 16.5. The van der Waals surface area contributed by atoms with Crippen LogP contribution in [-0.4, -0.2) is 43.0 Å². The quantitative estimate of drug-likeness (QED) is 0.757. The Labute approximate surface area is 189 Å². The van der Waals surface area contributed by atoms with Gasteiger partial charge >= 0.3 is 0 Å². The van der Waals surface area contributed by atoms with Gasteiger partial charge in [-0.1, -0.05) is 19.9 Å². The summed E-state index contributed by atoms with van der Waals surface area (Å²) in [6.07, 6.45) is 4.04. The summed E-state index contributed by atoms with van der Waals surface area (Å²) >= 11 is 0. The fourth-order valence-electron chi connectivity index (χ4n) is 4.53. The minimum atomic E-state index is -0.110. The number of ketones is 1. The Kier molecular flexibility index (Phi) is 7.05. The van der Waals surface area contributed by atoms with Gasteiger partial charge in [-0.2, -0.15) is 0 Å². The highest BCUT2D eigenvalue weighted by molar-refractivity contribution is 6.01. The third kappa shape index (κ3) is 4.63. The average molecular weight is 437 g/mol. The fraction of sp³-hybridized carbons (Fsp3) is 0.480. The third-order valence-corrected chi connectivity index (χ3v) is 6.28. The van der Waals surface area contributed by atoms with Crippen LogP contribution >= 0.6 is 0 Å². The number of carbonyl (C=O) groups excluding carboxylic acids is 2. The Balaban J connectivity index is 0.00000119. The van der Waals surface area contributed by atoms with Gasteiger partial charge in [0.2, 0.25) is 5.91 Å². The van der Waals surface area contributed by atoms with Crippen molar-refractivity contribution in [2.75, 3.05) is 41.4 Å².